The van der Waals surface area contributed by atoms with E-state index in [0.717, 1.165) is 5.56 Å². The van der Waals surface area contributed by atoms with E-state index in [1.165, 1.54) is 0 Å². The van der Waals surface area contributed by atoms with E-state index in [0.29, 0.717) is 19.0 Å². The molecule has 1 aromatic heterocycles. The van der Waals surface area contributed by atoms with E-state index in [2.05, 4.69) is 5.16 Å². The summed E-state index contributed by atoms with van der Waals surface area (Å²) < 4.78 is 15.9. The molecule has 12 heavy (non-hydrogen) atoms. The van der Waals surface area contributed by atoms with Gasteiger partial charge in [-0.05, 0) is 12.2 Å². The lowest BCUT2D eigenvalue weighted by molar-refractivity contribution is -0.136. The van der Waals surface area contributed by atoms with Gasteiger partial charge in [0.15, 0.2) is 0 Å². The molecule has 0 amide bonds. The molecule has 1 aromatic rings. The first-order valence-electron chi connectivity index (χ1n) is 3.83. The lowest BCUT2D eigenvalue weighted by Gasteiger charge is -2.16. The third-order valence-electron chi connectivity index (χ3n) is 2.11. The van der Waals surface area contributed by atoms with Gasteiger partial charge in [0.05, 0.1) is 19.4 Å². The predicted octanol–water partition coefficient (Wildman–Crippen LogP) is 0.901. The van der Waals surface area contributed by atoms with Crippen LogP contribution in [0.3, 0.4) is 0 Å². The molecule has 1 fully saturated rings. The van der Waals surface area contributed by atoms with E-state index in [4.69, 9.17) is 14.0 Å². The van der Waals surface area contributed by atoms with Crippen LogP contribution < -0.4 is 0 Å². The van der Waals surface area contributed by atoms with E-state index >= 15 is 0 Å². The van der Waals surface area contributed by atoms with Crippen molar-refractivity contribution in [3.05, 3.63) is 23.6 Å². The van der Waals surface area contributed by atoms with Crippen LogP contribution in [0.15, 0.2) is 16.8 Å². The zero-order chi connectivity index (χ0) is 8.02. The first-order valence-corrected chi connectivity index (χ1v) is 3.83. The number of rotatable bonds is 0. The van der Waals surface area contributed by atoms with Crippen molar-refractivity contribution in [1.82, 2.24) is 5.16 Å². The number of nitrogens with zero attached hydrogens (tertiary/aromatic N) is 1. The molecule has 3 rings (SSSR count). The smallest absolute Gasteiger partial charge is 0.252 e. The SMILES string of the molecule is C1=CC2(OCCO2)c2oncc21. The molecule has 4 heteroatoms. The Bertz CT molecular complexity index is 336. The van der Waals surface area contributed by atoms with Crippen molar-refractivity contribution in [2.24, 2.45) is 0 Å². The van der Waals surface area contributed by atoms with Gasteiger partial charge in [-0.25, -0.2) is 0 Å². The normalized spacial score (nSPS) is 23.7. The average molecular weight is 165 g/mol. The minimum Gasteiger partial charge on any atom is -0.355 e. The summed E-state index contributed by atoms with van der Waals surface area (Å²) in [6.45, 7) is 1.20. The van der Waals surface area contributed by atoms with E-state index in [1.54, 1.807) is 6.20 Å². The molecule has 1 saturated heterocycles. The quantitative estimate of drug-likeness (QED) is 0.573. The van der Waals surface area contributed by atoms with Gasteiger partial charge in [0.25, 0.3) is 5.79 Å². The summed E-state index contributed by atoms with van der Waals surface area (Å²) in [7, 11) is 0. The van der Waals surface area contributed by atoms with Crippen molar-refractivity contribution < 1.29 is 14.0 Å². The average Bonchev–Trinajstić information content (AvgIpc) is 2.76. The van der Waals surface area contributed by atoms with Crippen molar-refractivity contribution in [3.8, 4) is 0 Å². The number of aromatic nitrogens is 1. The van der Waals surface area contributed by atoms with Crippen molar-refractivity contribution in [3.63, 3.8) is 0 Å². The fourth-order valence-corrected chi connectivity index (χ4v) is 1.56. The highest BCUT2D eigenvalue weighted by molar-refractivity contribution is 5.59. The summed E-state index contributed by atoms with van der Waals surface area (Å²) in [5.41, 5.74) is 0.942. The number of ether oxygens (including phenoxy) is 2. The Morgan fingerprint density at radius 1 is 1.33 bits per heavy atom. The van der Waals surface area contributed by atoms with Crippen LogP contribution in [0.25, 0.3) is 6.08 Å². The van der Waals surface area contributed by atoms with Gasteiger partial charge < -0.3 is 14.0 Å². The molecule has 62 valence electrons. The number of hydrogen-bond donors (Lipinski definition) is 0. The van der Waals surface area contributed by atoms with Crippen molar-refractivity contribution in [2.45, 2.75) is 5.79 Å². The highest BCUT2D eigenvalue weighted by atomic mass is 16.7. The van der Waals surface area contributed by atoms with E-state index < -0.39 is 5.79 Å². The van der Waals surface area contributed by atoms with Gasteiger partial charge in [0.2, 0.25) is 5.76 Å². The summed E-state index contributed by atoms with van der Waals surface area (Å²) >= 11 is 0. The second-order valence-corrected chi connectivity index (χ2v) is 2.81. The standard InChI is InChI=1S/C8H7NO3/c1-2-8(10-3-4-11-8)7-6(1)5-9-12-7/h1-2,5H,3-4H2. The lowest BCUT2D eigenvalue weighted by Crippen LogP contribution is -2.21. The summed E-state index contributed by atoms with van der Waals surface area (Å²) in [6.07, 6.45) is 5.42. The molecule has 0 radical (unpaired) electrons. The minimum atomic E-state index is -0.758. The van der Waals surface area contributed by atoms with Crippen molar-refractivity contribution in [2.75, 3.05) is 13.2 Å². The molecule has 0 bridgehead atoms. The van der Waals surface area contributed by atoms with Crippen LogP contribution in [-0.2, 0) is 15.3 Å². The Balaban J connectivity index is 2.15. The molecule has 1 spiro atoms. The highest BCUT2D eigenvalue weighted by Crippen LogP contribution is 2.40. The van der Waals surface area contributed by atoms with Gasteiger partial charge in [-0.15, -0.1) is 0 Å². The lowest BCUT2D eigenvalue weighted by atomic mass is 10.2. The molecule has 0 aromatic carbocycles. The van der Waals surface area contributed by atoms with E-state index in [1.807, 2.05) is 12.2 Å². The predicted molar refractivity (Wildman–Crippen MR) is 39.1 cm³/mol. The highest BCUT2D eigenvalue weighted by Gasteiger charge is 2.44. The number of fused-ring (bicyclic) bond motifs is 2. The topological polar surface area (TPSA) is 44.5 Å². The van der Waals surface area contributed by atoms with Gasteiger partial charge in [-0.3, -0.25) is 0 Å². The second-order valence-electron chi connectivity index (χ2n) is 2.81. The third-order valence-corrected chi connectivity index (χ3v) is 2.11. The second kappa shape index (κ2) is 1.97. The Morgan fingerprint density at radius 2 is 2.17 bits per heavy atom. The van der Waals surface area contributed by atoms with Crippen LogP contribution >= 0.6 is 0 Å². The molecule has 0 atom stereocenters. The van der Waals surface area contributed by atoms with Gasteiger partial charge in [-0.2, -0.15) is 0 Å². The minimum absolute atomic E-state index is 0.602. The first kappa shape index (κ1) is 6.39. The molecule has 1 aliphatic carbocycles. The zero-order valence-electron chi connectivity index (χ0n) is 6.32. The molecular formula is C8H7NO3. The van der Waals surface area contributed by atoms with Crippen LogP contribution in [0.1, 0.15) is 11.3 Å². The van der Waals surface area contributed by atoms with Crippen LogP contribution in [0.4, 0.5) is 0 Å². The monoisotopic (exact) mass is 165 g/mol. The molecule has 2 heterocycles. The summed E-state index contributed by atoms with van der Waals surface area (Å²) in [6, 6.07) is 0. The fraction of sp³-hybridized carbons (Fsp3) is 0.375. The maximum Gasteiger partial charge on any atom is 0.252 e. The Morgan fingerprint density at radius 3 is 3.00 bits per heavy atom. The van der Waals surface area contributed by atoms with Crippen LogP contribution in [0.5, 0.6) is 0 Å². The van der Waals surface area contributed by atoms with Gasteiger partial charge in [0, 0.05) is 5.56 Å². The van der Waals surface area contributed by atoms with Gasteiger partial charge in [-0.1, -0.05) is 5.16 Å². The molecule has 4 nitrogen and oxygen atoms in total. The molecular weight excluding hydrogens is 158 g/mol. The Hall–Kier alpha value is -1.13. The summed E-state index contributed by atoms with van der Waals surface area (Å²) in [4.78, 5) is 0. The summed E-state index contributed by atoms with van der Waals surface area (Å²) in [5.74, 6) is -0.0914. The maximum absolute atomic E-state index is 5.44. The third kappa shape index (κ3) is 0.616. The molecule has 0 unspecified atom stereocenters. The maximum atomic E-state index is 5.44. The molecule has 0 N–H and O–H groups in total. The van der Waals surface area contributed by atoms with Crippen molar-refractivity contribution in [1.29, 1.82) is 0 Å². The Kier molecular flexibility index (Phi) is 1.05. The largest absolute Gasteiger partial charge is 0.355 e. The Labute approximate surface area is 68.7 Å². The van der Waals surface area contributed by atoms with Crippen LogP contribution in [0.2, 0.25) is 0 Å². The van der Waals surface area contributed by atoms with Gasteiger partial charge in [0.1, 0.15) is 0 Å². The van der Waals surface area contributed by atoms with Crippen LogP contribution in [0, 0.1) is 0 Å². The molecule has 0 saturated carbocycles. The molecule has 2 aliphatic rings. The first-order chi connectivity index (χ1) is 5.91. The van der Waals surface area contributed by atoms with Crippen molar-refractivity contribution >= 4 is 6.08 Å². The van der Waals surface area contributed by atoms with E-state index in [-0.39, 0.29) is 0 Å². The number of hydrogen-bond acceptors (Lipinski definition) is 4. The van der Waals surface area contributed by atoms with Crippen LogP contribution in [-0.4, -0.2) is 18.4 Å². The summed E-state index contributed by atoms with van der Waals surface area (Å²) in [5, 5.41) is 3.68. The van der Waals surface area contributed by atoms with Gasteiger partial charge >= 0.3 is 0 Å². The zero-order valence-corrected chi connectivity index (χ0v) is 6.32. The molecule has 1 aliphatic heterocycles. The fourth-order valence-electron chi connectivity index (χ4n) is 1.56. The van der Waals surface area contributed by atoms with E-state index in [9.17, 15) is 0 Å².